The van der Waals surface area contributed by atoms with E-state index in [-0.39, 0.29) is 18.3 Å². The molecule has 0 fully saturated rings. The molecular formula is C20H20N2O4S. The number of esters is 1. The van der Waals surface area contributed by atoms with Crippen molar-refractivity contribution >= 4 is 40.1 Å². The van der Waals surface area contributed by atoms with Crippen LogP contribution < -0.4 is 5.32 Å². The zero-order valence-corrected chi connectivity index (χ0v) is 16.0. The Balaban J connectivity index is 1.45. The summed E-state index contributed by atoms with van der Waals surface area (Å²) in [5.74, 6) is 0.724. The first-order valence-corrected chi connectivity index (χ1v) is 9.63. The molecule has 27 heavy (non-hydrogen) atoms. The van der Waals surface area contributed by atoms with Crippen molar-refractivity contribution in [3.63, 3.8) is 0 Å². The predicted molar refractivity (Wildman–Crippen MR) is 106 cm³/mol. The first-order valence-electron chi connectivity index (χ1n) is 8.47. The van der Waals surface area contributed by atoms with E-state index in [0.29, 0.717) is 11.4 Å². The largest absolute Gasteiger partial charge is 0.455 e. The Labute approximate surface area is 161 Å². The maximum absolute atomic E-state index is 12.1. The van der Waals surface area contributed by atoms with Crippen molar-refractivity contribution in [3.05, 3.63) is 59.5 Å². The quantitative estimate of drug-likeness (QED) is 0.623. The molecule has 3 aromatic rings. The minimum atomic E-state index is -0.431. The average molecular weight is 384 g/mol. The molecule has 1 heterocycles. The summed E-state index contributed by atoms with van der Waals surface area (Å²) in [5, 5.41) is 8.64. The lowest BCUT2D eigenvalue weighted by Gasteiger charge is -2.09. The summed E-state index contributed by atoms with van der Waals surface area (Å²) in [6, 6.07) is 13.4. The molecule has 0 spiro atoms. The zero-order chi connectivity index (χ0) is 19.2. The first-order chi connectivity index (χ1) is 13.0. The second-order valence-corrected chi connectivity index (χ2v) is 7.02. The van der Waals surface area contributed by atoms with Crippen molar-refractivity contribution in [2.45, 2.75) is 19.6 Å². The Morgan fingerprint density at radius 3 is 2.70 bits per heavy atom. The lowest BCUT2D eigenvalue weighted by atomic mass is 10.1. The number of carbonyl (C=O) groups is 2. The molecule has 7 heteroatoms. The number of amides is 1. The van der Waals surface area contributed by atoms with Crippen molar-refractivity contribution in [3.8, 4) is 0 Å². The molecule has 3 rings (SSSR count). The Morgan fingerprint density at radius 1 is 1.15 bits per heavy atom. The molecule has 140 valence electrons. The molecule has 0 aliphatic rings. The summed E-state index contributed by atoms with van der Waals surface area (Å²) in [5.41, 5.74) is 2.51. The molecule has 0 saturated heterocycles. The number of carbonyl (C=O) groups excluding carboxylic acids is 2. The van der Waals surface area contributed by atoms with E-state index in [2.05, 4.69) is 10.5 Å². The monoisotopic (exact) mass is 384 g/mol. The van der Waals surface area contributed by atoms with Crippen molar-refractivity contribution in [1.82, 2.24) is 5.16 Å². The summed E-state index contributed by atoms with van der Waals surface area (Å²) in [6.07, 6.45) is 0. The molecule has 0 bridgehead atoms. The summed E-state index contributed by atoms with van der Waals surface area (Å²) in [4.78, 5) is 23.9. The van der Waals surface area contributed by atoms with Crippen molar-refractivity contribution in [1.29, 1.82) is 0 Å². The van der Waals surface area contributed by atoms with Gasteiger partial charge >= 0.3 is 5.97 Å². The molecule has 0 aliphatic carbocycles. The number of nitrogens with one attached hydrogen (secondary N) is 1. The number of nitrogens with zero attached hydrogens (tertiary/aromatic N) is 1. The lowest BCUT2D eigenvalue weighted by Crippen LogP contribution is -2.21. The number of aryl methyl sites for hydroxylation is 2. The SMILES string of the molecule is Cc1noc(C)c1CSCC(=O)OCC(=O)Nc1cccc2ccccc12. The van der Waals surface area contributed by atoms with Gasteiger partial charge in [-0.05, 0) is 25.3 Å². The third kappa shape index (κ3) is 4.89. The van der Waals surface area contributed by atoms with Gasteiger partial charge in [-0.3, -0.25) is 9.59 Å². The number of fused-ring (bicyclic) bond motifs is 1. The Kier molecular flexibility index (Phi) is 6.13. The van der Waals surface area contributed by atoms with Crippen LogP contribution >= 0.6 is 11.8 Å². The summed E-state index contributed by atoms with van der Waals surface area (Å²) < 4.78 is 10.1. The van der Waals surface area contributed by atoms with Crippen LogP contribution in [0.15, 0.2) is 47.0 Å². The Bertz CT molecular complexity index is 943. The van der Waals surface area contributed by atoms with Crippen LogP contribution in [-0.4, -0.2) is 29.4 Å². The summed E-state index contributed by atoms with van der Waals surface area (Å²) in [6.45, 7) is 3.39. The third-order valence-corrected chi connectivity index (χ3v) is 5.01. The molecule has 0 radical (unpaired) electrons. The molecule has 2 aromatic carbocycles. The van der Waals surface area contributed by atoms with Crippen LogP contribution in [0.3, 0.4) is 0 Å². The fraction of sp³-hybridized carbons (Fsp3) is 0.250. The van der Waals surface area contributed by atoms with Crippen LogP contribution in [0.4, 0.5) is 5.69 Å². The second-order valence-electron chi connectivity index (χ2n) is 6.03. The van der Waals surface area contributed by atoms with Gasteiger partial charge in [0.15, 0.2) is 6.61 Å². The molecule has 0 saturated carbocycles. The molecule has 0 unspecified atom stereocenters. The normalized spacial score (nSPS) is 10.7. The molecule has 1 amide bonds. The average Bonchev–Trinajstić information content (AvgIpc) is 2.99. The third-order valence-electron chi connectivity index (χ3n) is 4.08. The second kappa shape index (κ2) is 8.73. The van der Waals surface area contributed by atoms with Crippen LogP contribution in [-0.2, 0) is 20.1 Å². The van der Waals surface area contributed by atoms with Gasteiger partial charge in [0.2, 0.25) is 0 Å². The van der Waals surface area contributed by atoms with Gasteiger partial charge in [-0.1, -0.05) is 41.6 Å². The Hall–Kier alpha value is -2.80. The number of benzene rings is 2. The van der Waals surface area contributed by atoms with E-state index in [9.17, 15) is 9.59 Å². The molecular weight excluding hydrogens is 364 g/mol. The zero-order valence-electron chi connectivity index (χ0n) is 15.2. The highest BCUT2D eigenvalue weighted by Gasteiger charge is 2.12. The number of rotatable bonds is 7. The standard InChI is InChI=1S/C20H20N2O4S/c1-13-17(14(2)26-22-13)11-27-12-20(24)25-10-19(23)21-18-9-5-7-15-6-3-4-8-16(15)18/h3-9H,10-12H2,1-2H3,(H,21,23). The number of aromatic nitrogens is 1. The van der Waals surface area contributed by atoms with Crippen LogP contribution in [0, 0.1) is 13.8 Å². The fourth-order valence-corrected chi connectivity index (χ4v) is 3.62. The number of thioether (sulfide) groups is 1. The van der Waals surface area contributed by atoms with Gasteiger partial charge in [0.05, 0.1) is 11.4 Å². The van der Waals surface area contributed by atoms with E-state index in [1.165, 1.54) is 11.8 Å². The molecule has 6 nitrogen and oxygen atoms in total. The highest BCUT2D eigenvalue weighted by atomic mass is 32.2. The maximum Gasteiger partial charge on any atom is 0.316 e. The first kappa shape index (κ1) is 19.0. The number of ether oxygens (including phenoxy) is 1. The number of anilines is 1. The highest BCUT2D eigenvalue weighted by molar-refractivity contribution is 7.99. The van der Waals surface area contributed by atoms with Gasteiger partial charge in [0.1, 0.15) is 5.76 Å². The van der Waals surface area contributed by atoms with E-state index >= 15 is 0 Å². The van der Waals surface area contributed by atoms with Gasteiger partial charge in [0.25, 0.3) is 5.91 Å². The van der Waals surface area contributed by atoms with Gasteiger partial charge in [-0.2, -0.15) is 0 Å². The maximum atomic E-state index is 12.1. The Morgan fingerprint density at radius 2 is 1.93 bits per heavy atom. The number of hydrogen-bond donors (Lipinski definition) is 1. The molecule has 1 N–H and O–H groups in total. The van der Waals surface area contributed by atoms with Crippen molar-refractivity contribution < 1.29 is 18.8 Å². The molecule has 0 aliphatic heterocycles. The van der Waals surface area contributed by atoms with E-state index in [1.54, 1.807) is 0 Å². The lowest BCUT2D eigenvalue weighted by molar-refractivity contribution is -0.144. The summed E-state index contributed by atoms with van der Waals surface area (Å²) in [7, 11) is 0. The summed E-state index contributed by atoms with van der Waals surface area (Å²) >= 11 is 1.40. The smallest absolute Gasteiger partial charge is 0.316 e. The van der Waals surface area contributed by atoms with E-state index in [1.807, 2.05) is 56.3 Å². The van der Waals surface area contributed by atoms with Crippen molar-refractivity contribution in [2.24, 2.45) is 0 Å². The topological polar surface area (TPSA) is 81.4 Å². The van der Waals surface area contributed by atoms with E-state index < -0.39 is 5.97 Å². The molecule has 0 atom stereocenters. The molecule has 1 aromatic heterocycles. The van der Waals surface area contributed by atoms with E-state index in [0.717, 1.165) is 27.8 Å². The minimum Gasteiger partial charge on any atom is -0.455 e. The fourth-order valence-electron chi connectivity index (χ4n) is 2.65. The van der Waals surface area contributed by atoms with Crippen LogP contribution in [0.1, 0.15) is 17.0 Å². The highest BCUT2D eigenvalue weighted by Crippen LogP contribution is 2.23. The van der Waals surface area contributed by atoms with Gasteiger partial charge in [0, 0.05) is 22.4 Å². The predicted octanol–water partition coefficient (Wildman–Crippen LogP) is 3.86. The van der Waals surface area contributed by atoms with Gasteiger partial charge in [-0.15, -0.1) is 11.8 Å². The van der Waals surface area contributed by atoms with Crippen LogP contribution in [0.25, 0.3) is 10.8 Å². The minimum absolute atomic E-state index is 0.158. The van der Waals surface area contributed by atoms with Crippen molar-refractivity contribution in [2.75, 3.05) is 17.7 Å². The van der Waals surface area contributed by atoms with Gasteiger partial charge < -0.3 is 14.6 Å². The van der Waals surface area contributed by atoms with Gasteiger partial charge in [-0.25, -0.2) is 0 Å². The number of hydrogen-bond acceptors (Lipinski definition) is 6. The van der Waals surface area contributed by atoms with Crippen LogP contribution in [0.2, 0.25) is 0 Å². The van der Waals surface area contributed by atoms with E-state index in [4.69, 9.17) is 9.26 Å². The van der Waals surface area contributed by atoms with Crippen LogP contribution in [0.5, 0.6) is 0 Å².